The molecule has 21 nitrogen and oxygen atoms in total. The summed E-state index contributed by atoms with van der Waals surface area (Å²) in [4.78, 5) is 68.0. The number of hydrogen-bond donors (Lipinski definition) is 0. The molecule has 2 saturated carbocycles. The molecule has 2 aromatic carbocycles. The van der Waals surface area contributed by atoms with E-state index in [9.17, 15) is 19.2 Å². The fourth-order valence-electron chi connectivity index (χ4n) is 8.61. The Morgan fingerprint density at radius 1 is 0.636 bits per heavy atom. The molecular weight excluding hydrogens is 987 g/mol. The number of fused-ring (bicyclic) bond motifs is 2. The summed E-state index contributed by atoms with van der Waals surface area (Å²) in [6.45, 7) is 20.2. The van der Waals surface area contributed by atoms with Gasteiger partial charge >= 0.3 is 12.2 Å². The first-order chi connectivity index (χ1) is 36.6. The smallest absolute Gasteiger partial charge is 0.420 e. The van der Waals surface area contributed by atoms with Crippen molar-refractivity contribution >= 4 is 45.9 Å². The molecule has 7 heterocycles. The lowest BCUT2D eigenvalue weighted by atomic mass is 9.97. The Bertz CT molecular complexity index is 3340. The highest BCUT2D eigenvalue weighted by Crippen LogP contribution is 2.44. The van der Waals surface area contributed by atoms with Gasteiger partial charge in [-0.2, -0.15) is 15.3 Å². The van der Waals surface area contributed by atoms with Gasteiger partial charge in [0.05, 0.1) is 40.7 Å². The Balaban J connectivity index is 0.000000169. The van der Waals surface area contributed by atoms with Crippen molar-refractivity contribution in [2.45, 2.75) is 131 Å². The van der Waals surface area contributed by atoms with Gasteiger partial charge in [0.1, 0.15) is 51.1 Å². The molecule has 0 spiro atoms. The summed E-state index contributed by atoms with van der Waals surface area (Å²) in [6, 6.07) is 14.1. The lowest BCUT2D eigenvalue weighted by molar-refractivity contribution is -0.0755. The molecular formula is C56H65N11O10. The van der Waals surface area contributed by atoms with Gasteiger partial charge in [-0.3, -0.25) is 14.4 Å². The summed E-state index contributed by atoms with van der Waals surface area (Å²) in [5.74, 6) is 2.03. The third kappa shape index (κ3) is 13.0. The van der Waals surface area contributed by atoms with E-state index in [0.717, 1.165) is 55.1 Å². The number of hydrogen-bond acceptors (Lipinski definition) is 18. The van der Waals surface area contributed by atoms with E-state index in [1.807, 2.05) is 93.5 Å². The lowest BCUT2D eigenvalue weighted by Crippen LogP contribution is -2.28. The molecule has 404 valence electrons. The molecule has 8 aromatic rings. The van der Waals surface area contributed by atoms with E-state index in [2.05, 4.69) is 30.7 Å². The quantitative estimate of drug-likeness (QED) is 0.101. The van der Waals surface area contributed by atoms with Gasteiger partial charge in [0.15, 0.2) is 0 Å². The van der Waals surface area contributed by atoms with E-state index in [1.54, 1.807) is 36.7 Å². The molecule has 1 amide bonds. The first-order valence-electron chi connectivity index (χ1n) is 25.6. The largest absolute Gasteiger partial charge is 0.443 e. The Hall–Kier alpha value is -8.04. The first-order valence-corrected chi connectivity index (χ1v) is 25.6. The van der Waals surface area contributed by atoms with Crippen LogP contribution in [0.4, 0.5) is 9.59 Å². The number of aryl methyl sites for hydroxylation is 4. The van der Waals surface area contributed by atoms with Crippen LogP contribution < -0.4 is 0 Å². The third-order valence-electron chi connectivity index (χ3n) is 12.4. The lowest BCUT2D eigenvalue weighted by Gasteiger charge is -2.20. The van der Waals surface area contributed by atoms with Crippen LogP contribution in [0.3, 0.4) is 0 Å². The summed E-state index contributed by atoms with van der Waals surface area (Å²) in [5, 5.41) is 24.1. The van der Waals surface area contributed by atoms with Crippen molar-refractivity contribution in [2.24, 2.45) is 0 Å². The SMILES string of the molecule is C1CCOC1.CON(C)C(=O)c1cc(-c2c(C)noc2C)cc2c1nc(C1CC1)n2C(=O)OC(C)(C)C.Cc1noc(C)c1-c1cc(C(=O)c2cccnn2)c2nc(C3CC3)n(C(=O)OC(C)(C)C)c2c1.c1ccnnc1. The van der Waals surface area contributed by atoms with E-state index in [4.69, 9.17) is 38.1 Å². The number of carbonyl (C=O) groups excluding carboxylic acids is 4. The predicted molar refractivity (Wildman–Crippen MR) is 283 cm³/mol. The van der Waals surface area contributed by atoms with E-state index in [1.165, 1.54) is 42.3 Å². The average molecular weight is 1050 g/mol. The highest BCUT2D eigenvalue weighted by atomic mass is 16.7. The number of ether oxygens (including phenoxy) is 3. The summed E-state index contributed by atoms with van der Waals surface area (Å²) < 4.78 is 30.1. The van der Waals surface area contributed by atoms with Crippen LogP contribution in [-0.2, 0) is 19.0 Å². The maximum absolute atomic E-state index is 13.5. The Labute approximate surface area is 445 Å². The molecule has 0 radical (unpaired) electrons. The molecule has 21 heteroatoms. The van der Waals surface area contributed by atoms with Crippen LogP contribution in [0.5, 0.6) is 0 Å². The Morgan fingerprint density at radius 2 is 1.09 bits per heavy atom. The van der Waals surface area contributed by atoms with Crippen LogP contribution in [0, 0.1) is 27.7 Å². The van der Waals surface area contributed by atoms with Crippen LogP contribution >= 0.6 is 0 Å². The topological polar surface area (TPSA) is 248 Å². The number of imidazole rings is 2. The highest BCUT2D eigenvalue weighted by Gasteiger charge is 2.37. The van der Waals surface area contributed by atoms with E-state index in [0.29, 0.717) is 78.9 Å². The minimum Gasteiger partial charge on any atom is -0.443 e. The minimum atomic E-state index is -0.688. The van der Waals surface area contributed by atoms with Crippen LogP contribution in [0.1, 0.15) is 153 Å². The van der Waals surface area contributed by atoms with E-state index in [-0.39, 0.29) is 29.2 Å². The summed E-state index contributed by atoms with van der Waals surface area (Å²) >= 11 is 0. The highest BCUT2D eigenvalue weighted by molar-refractivity contribution is 6.16. The van der Waals surface area contributed by atoms with Gasteiger partial charge in [0.25, 0.3) is 5.91 Å². The molecule has 3 fully saturated rings. The summed E-state index contributed by atoms with van der Waals surface area (Å²) in [5.41, 5.74) is 5.65. The predicted octanol–water partition coefficient (Wildman–Crippen LogP) is 10.9. The number of hydroxylamine groups is 2. The van der Waals surface area contributed by atoms with E-state index < -0.39 is 23.4 Å². The maximum Gasteiger partial charge on any atom is 0.420 e. The molecule has 6 aromatic heterocycles. The fourth-order valence-corrected chi connectivity index (χ4v) is 8.61. The van der Waals surface area contributed by atoms with Gasteiger partial charge in [-0.15, -0.1) is 5.10 Å². The van der Waals surface area contributed by atoms with Crippen molar-refractivity contribution in [3.05, 3.63) is 118 Å². The second kappa shape index (κ2) is 23.1. The van der Waals surface area contributed by atoms with Crippen molar-refractivity contribution in [1.82, 2.24) is 54.9 Å². The van der Waals surface area contributed by atoms with E-state index >= 15 is 0 Å². The molecule has 0 N–H and O–H groups in total. The van der Waals surface area contributed by atoms with Crippen molar-refractivity contribution in [2.75, 3.05) is 27.4 Å². The zero-order valence-corrected chi connectivity index (χ0v) is 45.7. The first kappa shape index (κ1) is 55.2. The van der Waals surface area contributed by atoms with Crippen molar-refractivity contribution in [3.8, 4) is 22.3 Å². The number of aromatic nitrogens is 10. The van der Waals surface area contributed by atoms with Crippen LogP contribution in [-0.4, -0.2) is 117 Å². The molecule has 0 atom stereocenters. The number of rotatable bonds is 8. The van der Waals surface area contributed by atoms with Crippen molar-refractivity contribution < 1.29 is 47.3 Å². The van der Waals surface area contributed by atoms with Crippen LogP contribution in [0.2, 0.25) is 0 Å². The second-order valence-corrected chi connectivity index (χ2v) is 21.0. The number of ketones is 1. The maximum atomic E-state index is 13.5. The minimum absolute atomic E-state index is 0.141. The Morgan fingerprint density at radius 3 is 1.44 bits per heavy atom. The molecule has 2 aliphatic carbocycles. The van der Waals surface area contributed by atoms with Gasteiger partial charge in [-0.1, -0.05) is 10.3 Å². The summed E-state index contributed by atoms with van der Waals surface area (Å²) in [7, 11) is 2.95. The van der Waals surface area contributed by atoms with Gasteiger partial charge in [0.2, 0.25) is 5.78 Å². The molecule has 0 unspecified atom stereocenters. The molecule has 77 heavy (non-hydrogen) atoms. The monoisotopic (exact) mass is 1050 g/mol. The van der Waals surface area contributed by atoms with Crippen molar-refractivity contribution in [1.29, 1.82) is 0 Å². The second-order valence-electron chi connectivity index (χ2n) is 21.0. The molecule has 3 aliphatic rings. The zero-order valence-electron chi connectivity index (χ0n) is 45.7. The Kier molecular flexibility index (Phi) is 16.5. The van der Waals surface area contributed by atoms with Gasteiger partial charge in [-0.25, -0.2) is 33.8 Å². The number of carbonyl (C=O) groups is 4. The van der Waals surface area contributed by atoms with Crippen molar-refractivity contribution in [3.63, 3.8) is 0 Å². The fraction of sp³-hybridized carbons (Fsp3) is 0.429. The normalized spacial score (nSPS) is 14.2. The zero-order chi connectivity index (χ0) is 55.3. The molecule has 0 bridgehead atoms. The van der Waals surface area contributed by atoms with Gasteiger partial charge < -0.3 is 23.3 Å². The van der Waals surface area contributed by atoms with Gasteiger partial charge in [-0.05, 0) is 167 Å². The van der Waals surface area contributed by atoms with Crippen LogP contribution in [0.25, 0.3) is 44.3 Å². The average Bonchev–Trinajstić information content (AvgIpc) is 4.17. The molecule has 11 rings (SSSR count). The van der Waals surface area contributed by atoms with Crippen LogP contribution in [0.15, 0.2) is 76.2 Å². The number of amides is 1. The standard InChI is InChI=1S/C25H25N5O4.C23H28N4O5.C4H4N2.C4H8O/c1-13-20(14(2)34-29-13)16-11-17(22(31)18-7-6-10-26-28-18)21-19(12-16)30(23(27-21)15-8-9-15)24(32)33-25(3,4)5;1-12-18(13(2)32-25-12)15-10-16(21(28)26(6)30-7)19-17(11-15)27(20(24-19)14-8-9-14)22(29)31-23(3,4)5;1-2-4-6-5-3-1;1-2-4-5-3-1/h6-7,10-12,15H,8-9H2,1-5H3;10-11,14H,8-9H2,1-7H3;1-4H;1-4H2. The third-order valence-corrected chi connectivity index (χ3v) is 12.4. The molecule has 1 aliphatic heterocycles. The summed E-state index contributed by atoms with van der Waals surface area (Å²) in [6.07, 6.45) is 10.0. The number of benzene rings is 2. The number of nitrogens with zero attached hydrogens (tertiary/aromatic N) is 11. The molecule has 1 saturated heterocycles. The van der Waals surface area contributed by atoms with Gasteiger partial charge in [0, 0.05) is 61.8 Å².